The Labute approximate surface area is 183 Å². The summed E-state index contributed by atoms with van der Waals surface area (Å²) in [7, 11) is 0. The highest BCUT2D eigenvalue weighted by molar-refractivity contribution is 5.15. The van der Waals surface area contributed by atoms with Gasteiger partial charge in [-0.1, -0.05) is 33.6 Å². The van der Waals surface area contributed by atoms with Crippen molar-refractivity contribution in [3.8, 4) is 0 Å². The largest absolute Gasteiger partial charge is 0.388 e. The van der Waals surface area contributed by atoms with Crippen LogP contribution in [0.4, 0.5) is 0 Å². The minimum atomic E-state index is -0.690. The summed E-state index contributed by atoms with van der Waals surface area (Å²) >= 11 is 0. The normalized spacial score (nSPS) is 62.5. The molecule has 6 fully saturated rings. The van der Waals surface area contributed by atoms with Gasteiger partial charge in [-0.05, 0) is 98.7 Å². The van der Waals surface area contributed by atoms with Crippen molar-refractivity contribution in [2.75, 3.05) is 6.61 Å². The Bertz CT molecular complexity index is 692. The van der Waals surface area contributed by atoms with Crippen LogP contribution in [-0.4, -0.2) is 29.2 Å². The van der Waals surface area contributed by atoms with Crippen LogP contribution in [0, 0.1) is 46.3 Å². The first kappa shape index (κ1) is 20.5. The topological polar surface area (TPSA) is 38.7 Å². The molecule has 3 nitrogen and oxygen atoms in total. The molecular weight excluding hydrogens is 372 g/mol. The molecule has 0 amide bonds. The molecule has 0 aromatic carbocycles. The van der Waals surface area contributed by atoms with Gasteiger partial charge in [-0.3, -0.25) is 0 Å². The Morgan fingerprint density at radius 1 is 0.833 bits per heavy atom. The van der Waals surface area contributed by atoms with Crippen LogP contribution in [0.1, 0.15) is 98.3 Å². The van der Waals surface area contributed by atoms with E-state index < -0.39 is 11.4 Å². The molecule has 1 spiro atoms. The minimum Gasteiger partial charge on any atom is -0.388 e. The molecule has 4 saturated carbocycles. The Morgan fingerprint density at radius 3 is 2.43 bits per heavy atom. The molecule has 170 valence electrons. The monoisotopic (exact) mass is 416 g/mol. The molecule has 0 aromatic heterocycles. The van der Waals surface area contributed by atoms with Crippen molar-refractivity contribution in [3.63, 3.8) is 0 Å². The van der Waals surface area contributed by atoms with Gasteiger partial charge in [0.1, 0.15) is 0 Å². The van der Waals surface area contributed by atoms with Gasteiger partial charge in [-0.2, -0.15) is 0 Å². The van der Waals surface area contributed by atoms with Crippen molar-refractivity contribution in [3.05, 3.63) is 0 Å². The molecule has 6 rings (SSSR count). The third-order valence-corrected chi connectivity index (χ3v) is 11.9. The number of hydrogen-bond donors (Lipinski definition) is 1. The molecule has 2 saturated heterocycles. The molecule has 2 heterocycles. The first-order chi connectivity index (χ1) is 14.2. The Hall–Kier alpha value is -0.120. The smallest absolute Gasteiger partial charge is 0.171 e. The third kappa shape index (κ3) is 2.61. The van der Waals surface area contributed by atoms with Crippen LogP contribution in [0.15, 0.2) is 0 Å². The molecule has 4 aliphatic carbocycles. The van der Waals surface area contributed by atoms with Crippen molar-refractivity contribution < 1.29 is 14.6 Å². The average molecular weight is 417 g/mol. The van der Waals surface area contributed by atoms with Crippen LogP contribution in [0.25, 0.3) is 0 Å². The Kier molecular flexibility index (Phi) is 4.42. The molecule has 0 bridgehead atoms. The molecule has 0 aromatic rings. The summed E-state index contributed by atoms with van der Waals surface area (Å²) in [4.78, 5) is 0. The van der Waals surface area contributed by atoms with E-state index in [1.54, 1.807) is 0 Å². The Morgan fingerprint density at radius 2 is 1.67 bits per heavy atom. The summed E-state index contributed by atoms with van der Waals surface area (Å²) < 4.78 is 13.2. The number of rotatable bonds is 0. The number of fused-ring (bicyclic) bond motifs is 7. The number of hydrogen-bond acceptors (Lipinski definition) is 3. The zero-order valence-corrected chi connectivity index (χ0v) is 19.8. The maximum Gasteiger partial charge on any atom is 0.171 e. The molecule has 30 heavy (non-hydrogen) atoms. The van der Waals surface area contributed by atoms with E-state index in [0.29, 0.717) is 35.4 Å². The van der Waals surface area contributed by atoms with Gasteiger partial charge in [-0.25, -0.2) is 0 Å². The maximum absolute atomic E-state index is 10.4. The van der Waals surface area contributed by atoms with Crippen molar-refractivity contribution in [2.24, 2.45) is 46.3 Å². The third-order valence-electron chi connectivity index (χ3n) is 11.9. The zero-order valence-electron chi connectivity index (χ0n) is 19.8. The standard InChI is InChI=1S/C27H44O3/c1-17-23-22(30-27(17)14-13-24(2,28)16-29-27)15-21-19-9-8-18-7-5-6-11-25(18,3)20(19)10-12-26(21,23)4/h17-23,28H,5-16H2,1-4H3/t17-,18+,19+,20-,21-,22-,23-,24+,25-,26-,27+/m0/s1. The van der Waals surface area contributed by atoms with Crippen molar-refractivity contribution in [1.29, 1.82) is 0 Å². The van der Waals surface area contributed by atoms with E-state index in [4.69, 9.17) is 9.47 Å². The SMILES string of the molecule is C[C@H]1[C@H]2[C@H](C[C@H]3[C@@H]4CC[C@H]5CCCC[C@]5(C)[C@H]4CC[C@]23C)O[C@]12CC[C@@](C)(O)CO2. The fourth-order valence-electron chi connectivity index (χ4n) is 10.3. The predicted molar refractivity (Wildman–Crippen MR) is 118 cm³/mol. The first-order valence-corrected chi connectivity index (χ1v) is 13.2. The van der Waals surface area contributed by atoms with E-state index in [2.05, 4.69) is 20.8 Å². The first-order valence-electron chi connectivity index (χ1n) is 13.2. The fourth-order valence-corrected chi connectivity index (χ4v) is 10.3. The number of ether oxygens (including phenoxy) is 2. The summed E-state index contributed by atoms with van der Waals surface area (Å²) in [6.45, 7) is 10.0. The molecule has 1 N–H and O–H groups in total. The Balaban J connectivity index is 1.26. The van der Waals surface area contributed by atoms with Gasteiger partial charge in [-0.15, -0.1) is 0 Å². The molecule has 3 heteroatoms. The van der Waals surface area contributed by atoms with E-state index >= 15 is 0 Å². The second-order valence-corrected chi connectivity index (χ2v) is 13.3. The molecule has 0 radical (unpaired) electrons. The average Bonchev–Trinajstić information content (AvgIpc) is 3.15. The van der Waals surface area contributed by atoms with Crippen LogP contribution in [0.3, 0.4) is 0 Å². The predicted octanol–water partition coefficient (Wildman–Crippen LogP) is 5.94. The highest BCUT2D eigenvalue weighted by atomic mass is 16.7. The summed E-state index contributed by atoms with van der Waals surface area (Å²) in [5, 5.41) is 10.4. The van der Waals surface area contributed by atoms with Gasteiger partial charge in [0.25, 0.3) is 0 Å². The van der Waals surface area contributed by atoms with Crippen LogP contribution < -0.4 is 0 Å². The van der Waals surface area contributed by atoms with E-state index in [1.807, 2.05) is 6.92 Å². The van der Waals surface area contributed by atoms with E-state index in [0.717, 1.165) is 36.5 Å². The van der Waals surface area contributed by atoms with E-state index in [1.165, 1.54) is 57.8 Å². The van der Waals surface area contributed by atoms with Crippen molar-refractivity contribution in [2.45, 2.75) is 116 Å². The second-order valence-electron chi connectivity index (χ2n) is 13.3. The van der Waals surface area contributed by atoms with Gasteiger partial charge >= 0.3 is 0 Å². The lowest BCUT2D eigenvalue weighted by atomic mass is 9.44. The van der Waals surface area contributed by atoms with Crippen molar-refractivity contribution >= 4 is 0 Å². The van der Waals surface area contributed by atoms with E-state index in [9.17, 15) is 5.11 Å². The fraction of sp³-hybridized carbons (Fsp3) is 1.00. The zero-order chi connectivity index (χ0) is 20.9. The van der Waals surface area contributed by atoms with Gasteiger partial charge in [0, 0.05) is 12.3 Å². The second kappa shape index (κ2) is 6.48. The highest BCUT2D eigenvalue weighted by Crippen LogP contribution is 2.71. The molecular formula is C27H44O3. The van der Waals surface area contributed by atoms with Crippen molar-refractivity contribution in [1.82, 2.24) is 0 Å². The lowest BCUT2D eigenvalue weighted by molar-refractivity contribution is -0.294. The molecule has 0 unspecified atom stereocenters. The quantitative estimate of drug-likeness (QED) is 0.531. The summed E-state index contributed by atoms with van der Waals surface area (Å²) in [6, 6.07) is 0. The van der Waals surface area contributed by atoms with Gasteiger partial charge < -0.3 is 14.6 Å². The number of aliphatic hydroxyl groups is 1. The summed E-state index contributed by atoms with van der Waals surface area (Å²) in [5.74, 6) is 4.36. The van der Waals surface area contributed by atoms with Gasteiger partial charge in [0.15, 0.2) is 5.79 Å². The van der Waals surface area contributed by atoms with E-state index in [-0.39, 0.29) is 0 Å². The molecule has 11 atom stereocenters. The molecule has 6 aliphatic rings. The minimum absolute atomic E-state index is 0.369. The lowest BCUT2D eigenvalue weighted by Gasteiger charge is -2.61. The van der Waals surface area contributed by atoms with Crippen LogP contribution >= 0.6 is 0 Å². The van der Waals surface area contributed by atoms with Crippen LogP contribution in [-0.2, 0) is 9.47 Å². The van der Waals surface area contributed by atoms with Crippen LogP contribution in [0.5, 0.6) is 0 Å². The summed E-state index contributed by atoms with van der Waals surface area (Å²) in [5.41, 5.74) is 0.340. The van der Waals surface area contributed by atoms with Gasteiger partial charge in [0.05, 0.1) is 18.3 Å². The van der Waals surface area contributed by atoms with Gasteiger partial charge in [0.2, 0.25) is 0 Å². The lowest BCUT2D eigenvalue weighted by Crippen LogP contribution is -2.55. The molecule has 2 aliphatic heterocycles. The maximum atomic E-state index is 10.4. The highest BCUT2D eigenvalue weighted by Gasteiger charge is 2.69. The summed E-state index contributed by atoms with van der Waals surface area (Å²) in [6.07, 6.45) is 15.0. The van der Waals surface area contributed by atoms with Crippen LogP contribution in [0.2, 0.25) is 0 Å².